The molecule has 0 spiro atoms. The lowest BCUT2D eigenvalue weighted by atomic mass is 10.1. The van der Waals surface area contributed by atoms with Crippen molar-refractivity contribution in [2.45, 2.75) is 21.6 Å². The second kappa shape index (κ2) is 8.45. The highest BCUT2D eigenvalue weighted by Crippen LogP contribution is 2.42. The summed E-state index contributed by atoms with van der Waals surface area (Å²) in [5.74, 6) is -0.125. The minimum absolute atomic E-state index is 0.00498. The van der Waals surface area contributed by atoms with E-state index in [4.69, 9.17) is 0 Å². The van der Waals surface area contributed by atoms with Crippen molar-refractivity contribution in [2.75, 3.05) is 4.72 Å². The number of carbonyl (C=O) groups is 1. The maximum Gasteiger partial charge on any atom is 0.261 e. The van der Waals surface area contributed by atoms with Crippen LogP contribution >= 0.6 is 11.8 Å². The Morgan fingerprint density at radius 3 is 2.26 bits per heavy atom. The Balaban J connectivity index is 1.80. The maximum absolute atomic E-state index is 13.1. The van der Waals surface area contributed by atoms with Crippen molar-refractivity contribution in [3.05, 3.63) is 90.5 Å². The summed E-state index contributed by atoms with van der Waals surface area (Å²) in [5, 5.41) is 11.9. The van der Waals surface area contributed by atoms with Gasteiger partial charge in [0.05, 0.1) is 15.5 Å². The highest BCUT2D eigenvalue weighted by Gasteiger charge is 2.19. The number of carbonyl (C=O) groups excluding carboxylic acids is 1. The zero-order valence-electron chi connectivity index (χ0n) is 16.6. The molecule has 0 amide bonds. The summed E-state index contributed by atoms with van der Waals surface area (Å²) in [6.45, 7) is 1.39. The summed E-state index contributed by atoms with van der Waals surface area (Å²) in [6.07, 6.45) is 0. The number of benzene rings is 4. The van der Waals surface area contributed by atoms with Crippen LogP contribution in [0.3, 0.4) is 0 Å². The molecule has 7 heteroatoms. The molecule has 0 fully saturated rings. The molecule has 0 saturated heterocycles. The van der Waals surface area contributed by atoms with Crippen LogP contribution in [-0.2, 0) is 10.0 Å². The van der Waals surface area contributed by atoms with Crippen LogP contribution in [0.4, 0.5) is 5.69 Å². The van der Waals surface area contributed by atoms with Crippen LogP contribution in [0.5, 0.6) is 5.75 Å². The van der Waals surface area contributed by atoms with Gasteiger partial charge in [-0.05, 0) is 37.3 Å². The average Bonchev–Trinajstić information content (AvgIpc) is 2.77. The van der Waals surface area contributed by atoms with Crippen LogP contribution in [-0.4, -0.2) is 19.3 Å². The standard InChI is InChI=1S/C24H19NO4S2/c1-16(26)17-8-7-11-19(14-17)31(28,29)25-22-15-23(30-18-9-3-2-4-10-18)24(27)21-13-6-5-12-20(21)22/h2-15,25,27H,1H3. The van der Waals surface area contributed by atoms with E-state index in [0.717, 1.165) is 4.90 Å². The highest BCUT2D eigenvalue weighted by molar-refractivity contribution is 7.99. The zero-order valence-corrected chi connectivity index (χ0v) is 18.2. The molecule has 4 aromatic carbocycles. The van der Waals surface area contributed by atoms with E-state index in [1.165, 1.54) is 36.9 Å². The van der Waals surface area contributed by atoms with E-state index in [-0.39, 0.29) is 16.4 Å². The number of anilines is 1. The lowest BCUT2D eigenvalue weighted by molar-refractivity contribution is 0.101. The lowest BCUT2D eigenvalue weighted by Crippen LogP contribution is -2.14. The molecule has 0 radical (unpaired) electrons. The number of fused-ring (bicyclic) bond motifs is 1. The highest BCUT2D eigenvalue weighted by atomic mass is 32.2. The van der Waals surface area contributed by atoms with Crippen LogP contribution in [0.25, 0.3) is 10.8 Å². The predicted molar refractivity (Wildman–Crippen MR) is 123 cm³/mol. The van der Waals surface area contributed by atoms with Gasteiger partial charge in [-0.1, -0.05) is 66.4 Å². The van der Waals surface area contributed by atoms with Gasteiger partial charge in [0.1, 0.15) is 5.75 Å². The smallest absolute Gasteiger partial charge is 0.261 e. The van der Waals surface area contributed by atoms with E-state index in [0.29, 0.717) is 26.9 Å². The number of aromatic hydroxyl groups is 1. The van der Waals surface area contributed by atoms with Crippen molar-refractivity contribution >= 4 is 44.0 Å². The number of rotatable bonds is 6. The quantitative estimate of drug-likeness (QED) is 0.291. The van der Waals surface area contributed by atoms with Gasteiger partial charge in [0.15, 0.2) is 5.78 Å². The summed E-state index contributed by atoms with van der Waals surface area (Å²) in [6, 6.07) is 24.1. The lowest BCUT2D eigenvalue weighted by Gasteiger charge is -2.15. The van der Waals surface area contributed by atoms with E-state index >= 15 is 0 Å². The first-order chi connectivity index (χ1) is 14.8. The fraction of sp³-hybridized carbons (Fsp3) is 0.0417. The number of phenolic OH excluding ortho intramolecular Hbond substituents is 1. The molecule has 0 aliphatic rings. The molecule has 0 bridgehead atoms. The van der Waals surface area contributed by atoms with Crippen LogP contribution in [0.1, 0.15) is 17.3 Å². The molecule has 156 valence electrons. The van der Waals surface area contributed by atoms with E-state index < -0.39 is 10.0 Å². The molecule has 0 atom stereocenters. The van der Waals surface area contributed by atoms with Gasteiger partial charge in [-0.15, -0.1) is 0 Å². The van der Waals surface area contributed by atoms with Gasteiger partial charge in [-0.25, -0.2) is 8.42 Å². The van der Waals surface area contributed by atoms with E-state index in [9.17, 15) is 18.3 Å². The molecule has 4 aromatic rings. The SMILES string of the molecule is CC(=O)c1cccc(S(=O)(=O)Nc2cc(Sc3ccccc3)c(O)c3ccccc23)c1. The van der Waals surface area contributed by atoms with Gasteiger partial charge in [-0.3, -0.25) is 9.52 Å². The molecule has 31 heavy (non-hydrogen) atoms. The van der Waals surface area contributed by atoms with Crippen LogP contribution < -0.4 is 4.72 Å². The number of hydrogen-bond donors (Lipinski definition) is 2. The number of ketones is 1. The van der Waals surface area contributed by atoms with Gasteiger partial charge in [0.2, 0.25) is 0 Å². The van der Waals surface area contributed by atoms with Gasteiger partial charge >= 0.3 is 0 Å². The predicted octanol–water partition coefficient (Wildman–Crippen LogP) is 5.70. The third-order valence-corrected chi connectivity index (χ3v) is 7.15. The molecule has 0 unspecified atom stereocenters. The third-order valence-electron chi connectivity index (χ3n) is 4.75. The fourth-order valence-corrected chi connectivity index (χ4v) is 5.24. The van der Waals surface area contributed by atoms with Gasteiger partial charge in [0.25, 0.3) is 10.0 Å². The minimum atomic E-state index is -3.96. The first kappa shape index (κ1) is 21.0. The summed E-state index contributed by atoms with van der Waals surface area (Å²) >= 11 is 1.34. The first-order valence-corrected chi connectivity index (χ1v) is 11.8. The fourth-order valence-electron chi connectivity index (χ4n) is 3.20. The van der Waals surface area contributed by atoms with Gasteiger partial charge in [0, 0.05) is 21.2 Å². The third kappa shape index (κ3) is 4.42. The van der Waals surface area contributed by atoms with Crippen molar-refractivity contribution in [3.8, 4) is 5.75 Å². The summed E-state index contributed by atoms with van der Waals surface area (Å²) in [4.78, 5) is 13.1. The van der Waals surface area contributed by atoms with E-state index in [1.807, 2.05) is 30.3 Å². The Morgan fingerprint density at radius 1 is 0.871 bits per heavy atom. The van der Waals surface area contributed by atoms with Crippen LogP contribution in [0, 0.1) is 0 Å². The number of sulfonamides is 1. The Hall–Kier alpha value is -3.29. The Labute approximate surface area is 184 Å². The van der Waals surface area contributed by atoms with Crippen LogP contribution in [0.15, 0.2) is 99.6 Å². The van der Waals surface area contributed by atoms with E-state index in [2.05, 4.69) is 4.72 Å². The van der Waals surface area contributed by atoms with Crippen molar-refractivity contribution in [1.29, 1.82) is 0 Å². The molecule has 0 aliphatic heterocycles. The molecule has 4 rings (SSSR count). The van der Waals surface area contributed by atoms with Crippen molar-refractivity contribution in [2.24, 2.45) is 0 Å². The van der Waals surface area contributed by atoms with Crippen molar-refractivity contribution in [3.63, 3.8) is 0 Å². The molecule has 0 saturated carbocycles. The largest absolute Gasteiger partial charge is 0.506 e. The molecule has 0 aliphatic carbocycles. The normalized spacial score (nSPS) is 11.4. The molecule has 0 heterocycles. The first-order valence-electron chi connectivity index (χ1n) is 9.46. The molecule has 0 aromatic heterocycles. The Bertz CT molecular complexity index is 1380. The Morgan fingerprint density at radius 2 is 1.55 bits per heavy atom. The van der Waals surface area contributed by atoms with Gasteiger partial charge < -0.3 is 5.11 Å². The number of phenols is 1. The molecular weight excluding hydrogens is 430 g/mol. The summed E-state index contributed by atoms with van der Waals surface area (Å²) in [7, 11) is -3.96. The van der Waals surface area contributed by atoms with E-state index in [1.54, 1.807) is 36.4 Å². The number of Topliss-reactive ketones (excluding diaryl/α,β-unsaturated/α-hetero) is 1. The molecule has 5 nitrogen and oxygen atoms in total. The number of hydrogen-bond acceptors (Lipinski definition) is 5. The van der Waals surface area contributed by atoms with Crippen LogP contribution in [0.2, 0.25) is 0 Å². The topological polar surface area (TPSA) is 83.5 Å². The second-order valence-electron chi connectivity index (χ2n) is 6.92. The average molecular weight is 450 g/mol. The Kier molecular flexibility index (Phi) is 5.71. The van der Waals surface area contributed by atoms with Crippen molar-refractivity contribution < 1.29 is 18.3 Å². The molecule has 2 N–H and O–H groups in total. The maximum atomic E-state index is 13.1. The van der Waals surface area contributed by atoms with Crippen molar-refractivity contribution in [1.82, 2.24) is 0 Å². The zero-order chi connectivity index (χ0) is 22.0. The summed E-state index contributed by atoms with van der Waals surface area (Å²) < 4.78 is 28.8. The second-order valence-corrected chi connectivity index (χ2v) is 9.72. The molecular formula is C24H19NO4S2. The van der Waals surface area contributed by atoms with Gasteiger partial charge in [-0.2, -0.15) is 0 Å². The minimum Gasteiger partial charge on any atom is -0.506 e. The monoisotopic (exact) mass is 449 g/mol. The number of nitrogens with one attached hydrogen (secondary N) is 1. The summed E-state index contributed by atoms with van der Waals surface area (Å²) in [5.41, 5.74) is 0.666.